The minimum Gasteiger partial charge on any atom is -0.313 e. The van der Waals surface area contributed by atoms with Gasteiger partial charge in [0, 0.05) is 6.04 Å². The molecular formula is C16H25N. The fourth-order valence-corrected chi connectivity index (χ4v) is 3.63. The Hall–Kier alpha value is -0.820. The van der Waals surface area contributed by atoms with Gasteiger partial charge in [0.25, 0.3) is 0 Å². The SMILES string of the molecule is CCC1(C(NC)c2ccccc2C)CCCC1. The molecule has 1 N–H and O–H groups in total. The second-order valence-electron chi connectivity index (χ2n) is 5.50. The molecule has 1 fully saturated rings. The van der Waals surface area contributed by atoms with E-state index < -0.39 is 0 Å². The van der Waals surface area contributed by atoms with Gasteiger partial charge >= 0.3 is 0 Å². The summed E-state index contributed by atoms with van der Waals surface area (Å²) in [4.78, 5) is 0. The third kappa shape index (κ3) is 2.26. The lowest BCUT2D eigenvalue weighted by Gasteiger charge is -2.38. The largest absolute Gasteiger partial charge is 0.313 e. The smallest absolute Gasteiger partial charge is 0.0377 e. The standard InChI is InChI=1S/C16H25N/c1-4-16(11-7-8-12-16)15(17-3)14-10-6-5-9-13(14)2/h5-6,9-10,15,17H,4,7-8,11-12H2,1-3H3. The van der Waals surface area contributed by atoms with Crippen molar-refractivity contribution < 1.29 is 0 Å². The first-order valence-electron chi connectivity index (χ1n) is 6.96. The first kappa shape index (κ1) is 12.6. The van der Waals surface area contributed by atoms with E-state index in [9.17, 15) is 0 Å². The van der Waals surface area contributed by atoms with Crippen molar-refractivity contribution >= 4 is 0 Å². The third-order valence-corrected chi connectivity index (χ3v) is 4.70. The number of aryl methyl sites for hydroxylation is 1. The highest BCUT2D eigenvalue weighted by atomic mass is 14.9. The minimum absolute atomic E-state index is 0.487. The second-order valence-corrected chi connectivity index (χ2v) is 5.50. The third-order valence-electron chi connectivity index (χ3n) is 4.70. The number of rotatable bonds is 4. The van der Waals surface area contributed by atoms with Crippen LogP contribution in [0.2, 0.25) is 0 Å². The highest BCUT2D eigenvalue weighted by Gasteiger charge is 2.40. The van der Waals surface area contributed by atoms with E-state index in [0.29, 0.717) is 11.5 Å². The number of hydrogen-bond donors (Lipinski definition) is 1. The van der Waals surface area contributed by atoms with Crippen molar-refractivity contribution in [2.75, 3.05) is 7.05 Å². The van der Waals surface area contributed by atoms with Crippen LogP contribution < -0.4 is 5.32 Å². The fourth-order valence-electron chi connectivity index (χ4n) is 3.63. The molecule has 1 heteroatoms. The van der Waals surface area contributed by atoms with E-state index >= 15 is 0 Å². The molecule has 94 valence electrons. The molecule has 0 bridgehead atoms. The van der Waals surface area contributed by atoms with Crippen molar-refractivity contribution in [1.82, 2.24) is 5.32 Å². The molecule has 0 radical (unpaired) electrons. The molecule has 0 aliphatic heterocycles. The van der Waals surface area contributed by atoms with Crippen LogP contribution in [-0.4, -0.2) is 7.05 Å². The lowest BCUT2D eigenvalue weighted by molar-refractivity contribution is 0.194. The first-order valence-corrected chi connectivity index (χ1v) is 6.96. The number of benzene rings is 1. The topological polar surface area (TPSA) is 12.0 Å². The van der Waals surface area contributed by atoms with Crippen LogP contribution in [0.15, 0.2) is 24.3 Å². The highest BCUT2D eigenvalue weighted by molar-refractivity contribution is 5.30. The predicted molar refractivity (Wildman–Crippen MR) is 74.2 cm³/mol. The van der Waals surface area contributed by atoms with Crippen molar-refractivity contribution in [2.45, 2.75) is 52.0 Å². The second kappa shape index (κ2) is 5.22. The van der Waals surface area contributed by atoms with Gasteiger partial charge in [0.15, 0.2) is 0 Å². The normalized spacial score (nSPS) is 20.4. The summed E-state index contributed by atoms with van der Waals surface area (Å²) in [6.07, 6.45) is 6.84. The molecule has 1 atom stereocenters. The quantitative estimate of drug-likeness (QED) is 0.818. The van der Waals surface area contributed by atoms with E-state index in [-0.39, 0.29) is 0 Å². The summed E-state index contributed by atoms with van der Waals surface area (Å²) in [5, 5.41) is 3.59. The zero-order valence-electron chi connectivity index (χ0n) is 11.4. The van der Waals surface area contributed by atoms with E-state index in [4.69, 9.17) is 0 Å². The fraction of sp³-hybridized carbons (Fsp3) is 0.625. The first-order chi connectivity index (χ1) is 8.23. The monoisotopic (exact) mass is 231 g/mol. The Kier molecular flexibility index (Phi) is 3.88. The molecule has 0 spiro atoms. The Morgan fingerprint density at radius 1 is 1.24 bits per heavy atom. The molecule has 0 heterocycles. The average molecular weight is 231 g/mol. The summed E-state index contributed by atoms with van der Waals surface area (Å²) in [5.41, 5.74) is 3.41. The molecular weight excluding hydrogens is 206 g/mol. The summed E-state index contributed by atoms with van der Waals surface area (Å²) < 4.78 is 0. The van der Waals surface area contributed by atoms with Crippen LogP contribution in [0.5, 0.6) is 0 Å². The zero-order chi connectivity index (χ0) is 12.3. The van der Waals surface area contributed by atoms with Crippen LogP contribution in [0.25, 0.3) is 0 Å². The van der Waals surface area contributed by atoms with Crippen molar-refractivity contribution in [1.29, 1.82) is 0 Å². The molecule has 1 nitrogen and oxygen atoms in total. The Bertz CT molecular complexity index is 364. The summed E-state index contributed by atoms with van der Waals surface area (Å²) in [5.74, 6) is 0. The van der Waals surface area contributed by atoms with Crippen molar-refractivity contribution in [2.24, 2.45) is 5.41 Å². The lowest BCUT2D eigenvalue weighted by atomic mass is 9.72. The van der Waals surface area contributed by atoms with Gasteiger partial charge in [0.05, 0.1) is 0 Å². The minimum atomic E-state index is 0.487. The maximum Gasteiger partial charge on any atom is 0.0377 e. The Balaban J connectivity index is 2.36. The molecule has 0 amide bonds. The average Bonchev–Trinajstić information content (AvgIpc) is 2.82. The van der Waals surface area contributed by atoms with Gasteiger partial charge < -0.3 is 5.32 Å². The molecule has 1 aliphatic carbocycles. The molecule has 1 aromatic carbocycles. The van der Waals surface area contributed by atoms with Gasteiger partial charge in [-0.05, 0) is 49.8 Å². The van der Waals surface area contributed by atoms with Gasteiger partial charge in [0.1, 0.15) is 0 Å². The van der Waals surface area contributed by atoms with Gasteiger partial charge in [-0.1, -0.05) is 44.0 Å². The number of hydrogen-bond acceptors (Lipinski definition) is 1. The van der Waals surface area contributed by atoms with E-state index in [1.165, 1.54) is 43.2 Å². The molecule has 0 aromatic heterocycles. The molecule has 0 saturated heterocycles. The Morgan fingerprint density at radius 2 is 1.88 bits per heavy atom. The van der Waals surface area contributed by atoms with Crippen LogP contribution >= 0.6 is 0 Å². The van der Waals surface area contributed by atoms with Gasteiger partial charge in [-0.15, -0.1) is 0 Å². The predicted octanol–water partition coefficient (Wildman–Crippen LogP) is 4.23. The molecule has 1 aromatic rings. The Labute approximate surface area is 106 Å². The van der Waals surface area contributed by atoms with Gasteiger partial charge in [-0.2, -0.15) is 0 Å². The van der Waals surface area contributed by atoms with E-state index in [0.717, 1.165) is 0 Å². The number of nitrogens with one attached hydrogen (secondary N) is 1. The van der Waals surface area contributed by atoms with Crippen LogP contribution in [0.3, 0.4) is 0 Å². The maximum absolute atomic E-state index is 3.59. The highest BCUT2D eigenvalue weighted by Crippen LogP contribution is 2.50. The Morgan fingerprint density at radius 3 is 2.41 bits per heavy atom. The van der Waals surface area contributed by atoms with Crippen LogP contribution in [0, 0.1) is 12.3 Å². The molecule has 1 aliphatic rings. The van der Waals surface area contributed by atoms with Crippen LogP contribution in [0.4, 0.5) is 0 Å². The molecule has 17 heavy (non-hydrogen) atoms. The maximum atomic E-state index is 3.59. The van der Waals surface area contributed by atoms with E-state index in [1.807, 2.05) is 0 Å². The summed E-state index contributed by atoms with van der Waals surface area (Å²) in [6, 6.07) is 9.37. The molecule has 1 saturated carbocycles. The molecule has 2 rings (SSSR count). The summed E-state index contributed by atoms with van der Waals surface area (Å²) >= 11 is 0. The lowest BCUT2D eigenvalue weighted by Crippen LogP contribution is -2.34. The summed E-state index contributed by atoms with van der Waals surface area (Å²) in [6.45, 7) is 4.59. The van der Waals surface area contributed by atoms with Crippen molar-refractivity contribution in [3.8, 4) is 0 Å². The van der Waals surface area contributed by atoms with Gasteiger partial charge in [0.2, 0.25) is 0 Å². The van der Waals surface area contributed by atoms with E-state index in [2.05, 4.69) is 50.5 Å². The van der Waals surface area contributed by atoms with Gasteiger partial charge in [-0.3, -0.25) is 0 Å². The van der Waals surface area contributed by atoms with Crippen LogP contribution in [0.1, 0.15) is 56.2 Å². The van der Waals surface area contributed by atoms with Crippen molar-refractivity contribution in [3.05, 3.63) is 35.4 Å². The zero-order valence-corrected chi connectivity index (χ0v) is 11.4. The molecule has 1 unspecified atom stereocenters. The van der Waals surface area contributed by atoms with Crippen LogP contribution in [-0.2, 0) is 0 Å². The van der Waals surface area contributed by atoms with Gasteiger partial charge in [-0.25, -0.2) is 0 Å². The summed E-state index contributed by atoms with van der Waals surface area (Å²) in [7, 11) is 2.12. The van der Waals surface area contributed by atoms with Crippen molar-refractivity contribution in [3.63, 3.8) is 0 Å². The van der Waals surface area contributed by atoms with E-state index in [1.54, 1.807) is 0 Å².